The molecule has 24 valence electrons. The van der Waals surface area contributed by atoms with Gasteiger partial charge < -0.3 is 5.73 Å². The van der Waals surface area contributed by atoms with Crippen LogP contribution in [0.2, 0.25) is 0 Å². The summed E-state index contributed by atoms with van der Waals surface area (Å²) in [6, 6.07) is 0. The van der Waals surface area contributed by atoms with Crippen LogP contribution in [0, 0.1) is 5.41 Å². The van der Waals surface area contributed by atoms with E-state index >= 15 is 0 Å². The number of hydrogen-bond acceptors (Lipinski definition) is 1. The first-order valence-corrected chi connectivity index (χ1v) is 0.892. The molecule has 0 aliphatic rings. The minimum Gasteiger partial charge on any atom is -0.388 e. The molecule has 0 rings (SSSR count). The lowest BCUT2D eigenvalue weighted by atomic mass is 10.8. The summed E-state index contributed by atoms with van der Waals surface area (Å²) in [4.78, 5) is 0. The largest absolute Gasteiger partial charge is 0.388 e. The molecule has 0 bridgehead atoms. The van der Waals surface area contributed by atoms with E-state index in [0.717, 1.165) is 0 Å². The summed E-state index contributed by atoms with van der Waals surface area (Å²) in [5.74, 6) is -0.0787. The van der Waals surface area contributed by atoms with Crippen LogP contribution in [0.1, 0.15) is 8.27 Å². The van der Waals surface area contributed by atoms with E-state index in [1.807, 2.05) is 0 Å². The van der Waals surface area contributed by atoms with Crippen LogP contribution >= 0.6 is 0 Å². The Kier molecular flexibility index (Phi) is 0.385. The third-order valence-corrected chi connectivity index (χ3v) is 0. The Balaban J connectivity index is 2.85. The summed E-state index contributed by atoms with van der Waals surface area (Å²) in [5.41, 5.74) is 4.69. The second-order valence-corrected chi connectivity index (χ2v) is 0.525. The van der Waals surface area contributed by atoms with Crippen LogP contribution < -0.4 is 5.73 Å². The zero-order chi connectivity index (χ0) is 4.28. The molecule has 2 heteroatoms. The van der Waals surface area contributed by atoms with Crippen LogP contribution in [-0.4, -0.2) is 5.84 Å². The summed E-state index contributed by atoms with van der Waals surface area (Å²) in [5, 5.41) is 6.33. The fourth-order valence-electron chi connectivity index (χ4n) is 0. The summed E-state index contributed by atoms with van der Waals surface area (Å²) in [6.45, 7) is -0.0833. The maximum atomic E-state index is 6.33. The molecule has 0 aromatic heterocycles. The quantitative estimate of drug-likeness (QED) is 0.298. The summed E-state index contributed by atoms with van der Waals surface area (Å²) in [6.07, 6.45) is 0. The van der Waals surface area contributed by atoms with E-state index in [2.05, 4.69) is 5.73 Å². The van der Waals surface area contributed by atoms with Crippen LogP contribution in [0.5, 0.6) is 0 Å². The van der Waals surface area contributed by atoms with Crippen molar-refractivity contribution in [1.82, 2.24) is 0 Å². The minimum atomic E-state index is -0.0833. The Morgan fingerprint density at radius 2 is 2.75 bits per heavy atom. The predicted molar refractivity (Wildman–Crippen MR) is 17.6 cm³/mol. The van der Waals surface area contributed by atoms with Crippen LogP contribution in [0.15, 0.2) is 0 Å². The normalized spacial score (nSPS) is 9.50. The van der Waals surface area contributed by atoms with Gasteiger partial charge in [-0.2, -0.15) is 0 Å². The first-order valence-electron chi connectivity index (χ1n) is 1.60. The maximum absolute atomic E-state index is 6.33. The molecular formula is C2H6N2. The summed E-state index contributed by atoms with van der Waals surface area (Å²) >= 11 is 0. The van der Waals surface area contributed by atoms with Crippen molar-refractivity contribution in [3.05, 3.63) is 0 Å². The standard InChI is InChI=1S/C2H6N2/c1-2(3)4/h1H3,(H3,3,4)/i1D. The minimum absolute atomic E-state index is 0.0787. The van der Waals surface area contributed by atoms with Crippen LogP contribution in [0.3, 0.4) is 0 Å². The molecule has 0 aliphatic carbocycles. The van der Waals surface area contributed by atoms with E-state index in [4.69, 9.17) is 6.78 Å². The van der Waals surface area contributed by atoms with Crippen LogP contribution in [0.25, 0.3) is 0 Å². The first kappa shape index (κ1) is 1.76. The Morgan fingerprint density at radius 3 is 2.75 bits per heavy atom. The lowest BCUT2D eigenvalue weighted by Crippen LogP contribution is -2.00. The lowest BCUT2D eigenvalue weighted by molar-refractivity contribution is 1.42. The van der Waals surface area contributed by atoms with Gasteiger partial charge in [0.05, 0.1) is 5.84 Å². The van der Waals surface area contributed by atoms with E-state index in [-0.39, 0.29) is 12.7 Å². The number of nitrogens with two attached hydrogens (primary N) is 1. The summed E-state index contributed by atoms with van der Waals surface area (Å²) < 4.78 is 6.31. The van der Waals surface area contributed by atoms with Gasteiger partial charge in [-0.25, -0.2) is 0 Å². The molecule has 0 aromatic carbocycles. The van der Waals surface area contributed by atoms with Gasteiger partial charge in [-0.1, -0.05) is 0 Å². The van der Waals surface area contributed by atoms with E-state index in [1.165, 1.54) is 0 Å². The zero-order valence-electron chi connectivity index (χ0n) is 3.28. The van der Waals surface area contributed by atoms with Gasteiger partial charge in [-0.3, -0.25) is 5.41 Å². The molecule has 0 heterocycles. The Bertz CT molecular complexity index is 42.9. The lowest BCUT2D eigenvalue weighted by Gasteiger charge is -1.66. The predicted octanol–water partition coefficient (Wildman–Crippen LogP) is -0.0577. The van der Waals surface area contributed by atoms with Crippen molar-refractivity contribution in [2.45, 2.75) is 6.90 Å². The Morgan fingerprint density at radius 1 is 2.50 bits per heavy atom. The average Bonchev–Trinajstić information content (AvgIpc) is 1.38. The Labute approximate surface area is 26.5 Å². The highest BCUT2D eigenvalue weighted by molar-refractivity contribution is 5.73. The van der Waals surface area contributed by atoms with Crippen molar-refractivity contribution in [3.63, 3.8) is 0 Å². The van der Waals surface area contributed by atoms with E-state index in [9.17, 15) is 0 Å². The first-order chi connectivity index (χ1) is 2.27. The molecule has 2 nitrogen and oxygen atoms in total. The molecular weight excluding hydrogens is 52.0 g/mol. The fraction of sp³-hybridized carbons (Fsp3) is 0.500. The maximum Gasteiger partial charge on any atom is 0.0873 e. The van der Waals surface area contributed by atoms with E-state index < -0.39 is 0 Å². The van der Waals surface area contributed by atoms with Gasteiger partial charge in [0.2, 0.25) is 0 Å². The molecule has 0 amide bonds. The van der Waals surface area contributed by atoms with Gasteiger partial charge in [-0.05, 0) is 6.90 Å². The monoisotopic (exact) mass is 59.1 g/mol. The second-order valence-electron chi connectivity index (χ2n) is 0.525. The smallest absolute Gasteiger partial charge is 0.0873 e. The fourth-order valence-corrected chi connectivity index (χ4v) is 0. The number of amidine groups is 1. The van der Waals surface area contributed by atoms with Gasteiger partial charge in [0.1, 0.15) is 0 Å². The van der Waals surface area contributed by atoms with Crippen molar-refractivity contribution < 1.29 is 1.37 Å². The highest BCUT2D eigenvalue weighted by atomic mass is 14.7. The molecule has 3 N–H and O–H groups in total. The second kappa shape index (κ2) is 0.875. The molecule has 0 atom stereocenters. The zero-order valence-corrected chi connectivity index (χ0v) is 2.28. The van der Waals surface area contributed by atoms with Crippen molar-refractivity contribution in [1.29, 1.82) is 5.41 Å². The van der Waals surface area contributed by atoms with Crippen molar-refractivity contribution in [2.24, 2.45) is 5.73 Å². The van der Waals surface area contributed by atoms with Crippen molar-refractivity contribution in [2.75, 3.05) is 0 Å². The van der Waals surface area contributed by atoms with Crippen molar-refractivity contribution >= 4 is 5.84 Å². The molecule has 0 saturated heterocycles. The van der Waals surface area contributed by atoms with E-state index in [0.29, 0.717) is 0 Å². The molecule has 0 aromatic rings. The summed E-state index contributed by atoms with van der Waals surface area (Å²) in [7, 11) is 0. The molecule has 0 saturated carbocycles. The molecule has 0 aliphatic heterocycles. The van der Waals surface area contributed by atoms with Gasteiger partial charge >= 0.3 is 0 Å². The number of nitrogens with one attached hydrogen (secondary N) is 1. The number of rotatable bonds is 0. The highest BCUT2D eigenvalue weighted by Crippen LogP contribution is 1.36. The molecule has 4 heavy (non-hydrogen) atoms. The molecule has 0 fully saturated rings. The van der Waals surface area contributed by atoms with Gasteiger partial charge in [0.15, 0.2) is 0 Å². The van der Waals surface area contributed by atoms with Crippen LogP contribution in [-0.2, 0) is 0 Å². The van der Waals surface area contributed by atoms with E-state index in [1.54, 1.807) is 0 Å². The molecule has 0 unspecified atom stereocenters. The van der Waals surface area contributed by atoms with Gasteiger partial charge in [0.25, 0.3) is 0 Å². The molecule has 0 radical (unpaired) electrons. The third kappa shape index (κ3) is 1.16. The SMILES string of the molecule is [2H]CC(=N)N. The van der Waals surface area contributed by atoms with Crippen LogP contribution in [0.4, 0.5) is 0 Å². The third-order valence-electron chi connectivity index (χ3n) is 0. The van der Waals surface area contributed by atoms with Gasteiger partial charge in [-0.15, -0.1) is 0 Å². The molecule has 0 spiro atoms. The topological polar surface area (TPSA) is 49.9 Å². The number of hydrogen-bond donors (Lipinski definition) is 2. The van der Waals surface area contributed by atoms with Crippen molar-refractivity contribution in [3.8, 4) is 0 Å². The average molecular weight is 59.1 g/mol. The highest BCUT2D eigenvalue weighted by Gasteiger charge is 1.53. The Hall–Kier alpha value is -0.530. The van der Waals surface area contributed by atoms with Gasteiger partial charge in [0, 0.05) is 1.37 Å².